The van der Waals surface area contributed by atoms with E-state index < -0.39 is 49.6 Å². The molecule has 1 aromatic rings. The number of benzene rings is 1. The summed E-state index contributed by atoms with van der Waals surface area (Å²) in [5.41, 5.74) is 0.162. The Morgan fingerprint density at radius 1 is 1.10 bits per heavy atom. The van der Waals surface area contributed by atoms with Crippen molar-refractivity contribution in [1.29, 1.82) is 0 Å². The third-order valence-corrected chi connectivity index (χ3v) is 8.15. The Bertz CT molecular complexity index is 994. The number of unbranched alkanes of at least 4 members (excludes halogenated alkanes) is 1. The molecule has 1 aromatic carbocycles. The van der Waals surface area contributed by atoms with Crippen molar-refractivity contribution >= 4 is 48.8 Å². The number of rotatable bonds is 9. The fraction of sp³-hybridized carbons (Fsp3) is 0.652. The number of carboxylic acid groups (broad SMARTS) is 1. The maximum absolute atomic E-state index is 12.9. The van der Waals surface area contributed by atoms with Gasteiger partial charge in [0.25, 0.3) is 0 Å². The summed E-state index contributed by atoms with van der Waals surface area (Å²) in [6.45, 7) is 0.315. The molecule has 2 N–H and O–H groups in total. The number of carbonyl (C=O) groups excluding carboxylic acids is 1. The zero-order chi connectivity index (χ0) is 25.9. The molecular formula is C23H34NNaO5P. The van der Waals surface area contributed by atoms with Crippen LogP contribution in [0, 0.1) is 11.8 Å². The summed E-state index contributed by atoms with van der Waals surface area (Å²) in [5, 5.41) is 9.63. The first-order valence-electron chi connectivity index (χ1n) is 13.3. The average Bonchev–Trinajstić information content (AvgIpc) is 3.27. The van der Waals surface area contributed by atoms with Gasteiger partial charge in [-0.2, -0.15) is 0 Å². The van der Waals surface area contributed by atoms with E-state index >= 15 is 0 Å². The second kappa shape index (κ2) is 12.6. The molecule has 0 aromatic heterocycles. The molecule has 0 spiro atoms. The number of amides is 1. The molecule has 3 atom stereocenters. The molecule has 1 radical (unpaired) electrons. The van der Waals surface area contributed by atoms with E-state index in [1.54, 1.807) is 0 Å². The first-order valence-corrected chi connectivity index (χ1v) is 12.8. The van der Waals surface area contributed by atoms with Crippen molar-refractivity contribution in [1.82, 2.24) is 4.90 Å². The maximum atomic E-state index is 12.9. The van der Waals surface area contributed by atoms with Crippen molar-refractivity contribution in [2.75, 3.05) is 18.9 Å². The minimum atomic E-state index is -3.86. The van der Waals surface area contributed by atoms with E-state index in [1.807, 2.05) is 0 Å². The molecule has 1 saturated carbocycles. The molecule has 1 amide bonds. The van der Waals surface area contributed by atoms with E-state index in [9.17, 15) is 24.2 Å². The van der Waals surface area contributed by atoms with Gasteiger partial charge in [0.05, 0.1) is 6.85 Å². The van der Waals surface area contributed by atoms with Gasteiger partial charge in [-0.05, 0) is 43.1 Å². The summed E-state index contributed by atoms with van der Waals surface area (Å²) in [6, 6.07) is -2.80. The van der Waals surface area contributed by atoms with Crippen LogP contribution in [0.3, 0.4) is 0 Å². The molecule has 0 bridgehead atoms. The van der Waals surface area contributed by atoms with Gasteiger partial charge < -0.3 is 14.9 Å². The van der Waals surface area contributed by atoms with Crippen LogP contribution in [0.2, 0.25) is 0 Å². The van der Waals surface area contributed by atoms with E-state index in [0.29, 0.717) is 25.3 Å². The summed E-state index contributed by atoms with van der Waals surface area (Å²) in [5.74, 6) is -1.18. The van der Waals surface area contributed by atoms with Gasteiger partial charge in [0.2, 0.25) is 13.3 Å². The standard InChI is InChI=1S/C23H34NO5P.Na/c25-22(17-30(28,29)14-8-7-11-18-9-3-1-4-10-18)24-16-20(15-21(24)23(26)27)19-12-5-2-6-13-19;/h1,3-4,9-10,19-21H,2,5-8,11-17H2,(H,26,27)(H,28,29);/t20-,21+;/m1./s1/i1D,3D,4D,9D,10D;. The van der Waals surface area contributed by atoms with Gasteiger partial charge in [0.1, 0.15) is 12.2 Å². The van der Waals surface area contributed by atoms with Crippen molar-refractivity contribution in [3.63, 3.8) is 0 Å². The molecule has 31 heavy (non-hydrogen) atoms. The summed E-state index contributed by atoms with van der Waals surface area (Å²) < 4.78 is 51.7. The van der Waals surface area contributed by atoms with Crippen LogP contribution in [0.25, 0.3) is 0 Å². The number of likely N-dealkylation sites (tertiary alicyclic amines) is 1. The van der Waals surface area contributed by atoms with Crippen LogP contribution in [0.15, 0.2) is 30.2 Å². The summed E-state index contributed by atoms with van der Waals surface area (Å²) in [7, 11) is -3.86. The van der Waals surface area contributed by atoms with Crippen molar-refractivity contribution in [3.05, 3.63) is 35.8 Å². The second-order valence-electron chi connectivity index (χ2n) is 8.58. The molecular weight excluding hydrogens is 424 g/mol. The van der Waals surface area contributed by atoms with Gasteiger partial charge in [-0.25, -0.2) is 4.79 Å². The predicted molar refractivity (Wildman–Crippen MR) is 123 cm³/mol. The first kappa shape index (κ1) is 19.8. The number of hydrogen-bond donors (Lipinski definition) is 2. The number of carboxylic acids is 1. The molecule has 1 aliphatic carbocycles. The topological polar surface area (TPSA) is 94.9 Å². The number of hydrogen-bond acceptors (Lipinski definition) is 3. The van der Waals surface area contributed by atoms with Crippen LogP contribution >= 0.6 is 7.37 Å². The molecule has 167 valence electrons. The van der Waals surface area contributed by atoms with Gasteiger partial charge in [-0.15, -0.1) is 0 Å². The Morgan fingerprint density at radius 3 is 2.42 bits per heavy atom. The van der Waals surface area contributed by atoms with Crippen molar-refractivity contribution in [2.24, 2.45) is 11.8 Å². The number of nitrogens with zero attached hydrogens (tertiary/aromatic N) is 1. The first-order chi connectivity index (χ1) is 16.4. The average molecular weight is 464 g/mol. The monoisotopic (exact) mass is 463 g/mol. The Labute approximate surface area is 214 Å². The SMILES string of the molecule is [2H]c1c([2H])c([2H])c(CCCCP(=O)(O)CC(=O)N2C[C@H](C3CCCCC3)C[C@H]2C(=O)O)c([2H])c1[2H].[Na]. The largest absolute Gasteiger partial charge is 0.480 e. The third-order valence-electron chi connectivity index (χ3n) is 6.37. The van der Waals surface area contributed by atoms with Crippen molar-refractivity contribution in [2.45, 2.75) is 63.8 Å². The van der Waals surface area contributed by atoms with Gasteiger partial charge >= 0.3 is 5.97 Å². The van der Waals surface area contributed by atoms with Crippen LogP contribution < -0.4 is 0 Å². The van der Waals surface area contributed by atoms with E-state index in [2.05, 4.69) is 0 Å². The van der Waals surface area contributed by atoms with Gasteiger partial charge in [0.15, 0.2) is 0 Å². The third kappa shape index (κ3) is 8.01. The molecule has 2 aliphatic rings. The normalized spacial score (nSPS) is 26.0. The van der Waals surface area contributed by atoms with Crippen LogP contribution in [-0.2, 0) is 20.6 Å². The fourth-order valence-electron chi connectivity index (χ4n) is 4.77. The van der Waals surface area contributed by atoms with Gasteiger partial charge in [-0.3, -0.25) is 9.36 Å². The molecule has 1 saturated heterocycles. The van der Waals surface area contributed by atoms with E-state index in [-0.39, 0.29) is 72.1 Å². The van der Waals surface area contributed by atoms with Crippen LogP contribution in [0.1, 0.15) is 63.8 Å². The summed E-state index contributed by atoms with van der Waals surface area (Å²) in [6.07, 6.45) is 5.80. The minimum Gasteiger partial charge on any atom is -0.480 e. The molecule has 1 aliphatic heterocycles. The fourth-order valence-corrected chi connectivity index (χ4v) is 6.25. The molecule has 1 unspecified atom stereocenters. The molecule has 8 heteroatoms. The quantitative estimate of drug-likeness (QED) is 0.330. The predicted octanol–water partition coefficient (Wildman–Crippen LogP) is 3.78. The van der Waals surface area contributed by atoms with E-state index in [4.69, 9.17) is 6.85 Å². The molecule has 6 nitrogen and oxygen atoms in total. The van der Waals surface area contributed by atoms with E-state index in [1.165, 1.54) is 11.3 Å². The summed E-state index contributed by atoms with van der Waals surface area (Å²) in [4.78, 5) is 36.4. The smallest absolute Gasteiger partial charge is 0.326 e. The Kier molecular flexibility index (Phi) is 8.01. The Hall–Kier alpha value is -0.650. The van der Waals surface area contributed by atoms with Gasteiger partial charge in [-0.1, -0.05) is 62.3 Å². The van der Waals surface area contributed by atoms with Crippen LogP contribution in [0.5, 0.6) is 0 Å². The minimum absolute atomic E-state index is 0. The Morgan fingerprint density at radius 2 is 1.77 bits per heavy atom. The van der Waals surface area contributed by atoms with E-state index in [0.717, 1.165) is 25.7 Å². The van der Waals surface area contributed by atoms with Crippen LogP contribution in [-0.4, -0.2) is 81.2 Å². The Balaban J connectivity index is 0.00000456. The zero-order valence-corrected chi connectivity index (χ0v) is 21.1. The second-order valence-corrected chi connectivity index (χ2v) is 11.0. The molecule has 3 rings (SSSR count). The van der Waals surface area contributed by atoms with Crippen molar-refractivity contribution in [3.8, 4) is 0 Å². The number of aliphatic carboxylic acids is 1. The molecule has 2 fully saturated rings. The van der Waals surface area contributed by atoms with Gasteiger partial charge in [0, 0.05) is 42.3 Å². The maximum Gasteiger partial charge on any atom is 0.326 e. The number of carbonyl (C=O) groups is 2. The molecule has 1 heterocycles. The zero-order valence-electron chi connectivity index (χ0n) is 23.2. The summed E-state index contributed by atoms with van der Waals surface area (Å²) >= 11 is 0. The van der Waals surface area contributed by atoms with Crippen LogP contribution in [0.4, 0.5) is 0 Å². The van der Waals surface area contributed by atoms with Crippen molar-refractivity contribution < 1.29 is 31.0 Å².